The van der Waals surface area contributed by atoms with E-state index in [0.717, 1.165) is 41.8 Å². The van der Waals surface area contributed by atoms with E-state index >= 15 is 0 Å². The molecule has 0 spiro atoms. The maximum absolute atomic E-state index is 13.1. The average Bonchev–Trinajstić information content (AvgIpc) is 2.78. The Bertz CT molecular complexity index is 1160. The molecule has 168 valence electrons. The number of carbonyl (C=O) groups excluding carboxylic acids is 1. The summed E-state index contributed by atoms with van der Waals surface area (Å²) in [5.74, 6) is -0.448. The summed E-state index contributed by atoms with van der Waals surface area (Å²) in [6.07, 6.45) is 0.800. The van der Waals surface area contributed by atoms with Crippen LogP contribution >= 0.6 is 0 Å². The zero-order valence-corrected chi connectivity index (χ0v) is 19.1. The van der Waals surface area contributed by atoms with Crippen molar-refractivity contribution in [2.45, 2.75) is 44.7 Å². The summed E-state index contributed by atoms with van der Waals surface area (Å²) in [7, 11) is -4.07. The minimum absolute atomic E-state index is 0.0265. The van der Waals surface area contributed by atoms with E-state index in [0.29, 0.717) is 12.1 Å². The Morgan fingerprint density at radius 3 is 2.12 bits per heavy atom. The maximum Gasteiger partial charge on any atom is 0.339 e. The molecule has 3 aromatic carbocycles. The molecular formula is C25H26FNO4S. The van der Waals surface area contributed by atoms with Crippen molar-refractivity contribution < 1.29 is 21.8 Å². The fourth-order valence-electron chi connectivity index (χ4n) is 3.13. The number of benzene rings is 3. The van der Waals surface area contributed by atoms with Gasteiger partial charge in [-0.2, -0.15) is 8.42 Å². The molecule has 0 fully saturated rings. The van der Waals surface area contributed by atoms with Gasteiger partial charge in [-0.25, -0.2) is 4.39 Å². The third kappa shape index (κ3) is 5.73. The van der Waals surface area contributed by atoms with Crippen molar-refractivity contribution in [2.24, 2.45) is 0 Å². The van der Waals surface area contributed by atoms with Gasteiger partial charge in [-0.1, -0.05) is 36.8 Å². The predicted molar refractivity (Wildman–Crippen MR) is 121 cm³/mol. The van der Waals surface area contributed by atoms with Crippen LogP contribution in [0.4, 0.5) is 4.39 Å². The van der Waals surface area contributed by atoms with Gasteiger partial charge >= 0.3 is 10.1 Å². The molecule has 0 saturated carbocycles. The summed E-state index contributed by atoms with van der Waals surface area (Å²) in [5, 5.41) is 0. The largest absolute Gasteiger partial charge is 0.379 e. The topological polar surface area (TPSA) is 63.7 Å². The van der Waals surface area contributed by atoms with Crippen molar-refractivity contribution in [3.8, 4) is 5.75 Å². The molecule has 0 radical (unpaired) electrons. The lowest BCUT2D eigenvalue weighted by Crippen LogP contribution is -2.37. The van der Waals surface area contributed by atoms with Crippen LogP contribution in [0.25, 0.3) is 0 Å². The molecule has 7 heteroatoms. The summed E-state index contributed by atoms with van der Waals surface area (Å²) < 4.78 is 43.0. The van der Waals surface area contributed by atoms with Crippen molar-refractivity contribution in [3.05, 3.63) is 95.3 Å². The van der Waals surface area contributed by atoms with Crippen LogP contribution in [-0.2, 0) is 16.7 Å². The van der Waals surface area contributed by atoms with Gasteiger partial charge in [-0.05, 0) is 74.4 Å². The first-order chi connectivity index (χ1) is 15.2. The Kier molecular flexibility index (Phi) is 7.30. The number of nitrogens with zero attached hydrogens (tertiary/aromatic N) is 1. The lowest BCUT2D eigenvalue weighted by molar-refractivity contribution is 0.0671. The second-order valence-electron chi connectivity index (χ2n) is 7.69. The molecular weight excluding hydrogens is 429 g/mol. The molecule has 0 aliphatic heterocycles. The van der Waals surface area contributed by atoms with Crippen LogP contribution in [0, 0.1) is 12.7 Å². The number of amides is 1. The number of rotatable bonds is 8. The quantitative estimate of drug-likeness (QED) is 0.430. The van der Waals surface area contributed by atoms with Crippen molar-refractivity contribution in [3.63, 3.8) is 0 Å². The second-order valence-corrected chi connectivity index (χ2v) is 9.24. The minimum atomic E-state index is -4.07. The predicted octanol–water partition coefficient (Wildman–Crippen LogP) is 5.34. The smallest absolute Gasteiger partial charge is 0.339 e. The Morgan fingerprint density at radius 2 is 1.56 bits per heavy atom. The van der Waals surface area contributed by atoms with Gasteiger partial charge in [0.25, 0.3) is 5.91 Å². The molecule has 0 aliphatic carbocycles. The molecule has 32 heavy (non-hydrogen) atoms. The Hall–Kier alpha value is -3.19. The number of aryl methyl sites for hydroxylation is 1. The highest BCUT2D eigenvalue weighted by Gasteiger charge is 2.21. The molecule has 0 aliphatic rings. The number of hydrogen-bond donors (Lipinski definition) is 0. The standard InChI is InChI=1S/C25H26FNO4S/c1-4-19(3)27(25(28)21-9-5-18(2)6-10-21)17-20-7-13-23(14-8-20)31-32(29,30)24-15-11-22(26)12-16-24/h5-16,19H,4,17H2,1-3H3. The SMILES string of the molecule is CCC(C)N(Cc1ccc(OS(=O)(=O)c2ccc(F)cc2)cc1)C(=O)c1ccc(C)cc1. The fourth-order valence-corrected chi connectivity index (χ4v) is 4.06. The van der Waals surface area contributed by atoms with Gasteiger partial charge in [0, 0.05) is 18.2 Å². The van der Waals surface area contributed by atoms with Crippen LogP contribution in [0.3, 0.4) is 0 Å². The lowest BCUT2D eigenvalue weighted by Gasteiger charge is -2.29. The molecule has 1 amide bonds. The molecule has 0 aromatic heterocycles. The molecule has 3 rings (SSSR count). The van der Waals surface area contributed by atoms with Gasteiger partial charge in [0.05, 0.1) is 0 Å². The Labute approximate surface area is 188 Å². The van der Waals surface area contributed by atoms with Crippen LogP contribution < -0.4 is 4.18 Å². The van der Waals surface area contributed by atoms with E-state index in [4.69, 9.17) is 4.18 Å². The third-order valence-corrected chi connectivity index (χ3v) is 6.53. The van der Waals surface area contributed by atoms with Crippen LogP contribution in [0.1, 0.15) is 41.8 Å². The van der Waals surface area contributed by atoms with Crippen molar-refractivity contribution in [1.29, 1.82) is 0 Å². The molecule has 1 unspecified atom stereocenters. The Balaban J connectivity index is 1.75. The number of carbonyl (C=O) groups is 1. The first-order valence-electron chi connectivity index (χ1n) is 10.4. The van der Waals surface area contributed by atoms with E-state index in [1.807, 2.05) is 45.0 Å². The van der Waals surface area contributed by atoms with Crippen LogP contribution in [0.5, 0.6) is 5.75 Å². The van der Waals surface area contributed by atoms with E-state index in [1.165, 1.54) is 0 Å². The van der Waals surface area contributed by atoms with Gasteiger partial charge < -0.3 is 9.08 Å². The minimum Gasteiger partial charge on any atom is -0.379 e. The first-order valence-corrected chi connectivity index (χ1v) is 11.8. The van der Waals surface area contributed by atoms with Crippen molar-refractivity contribution in [1.82, 2.24) is 4.90 Å². The van der Waals surface area contributed by atoms with Gasteiger partial charge in [-0.3, -0.25) is 4.79 Å². The summed E-state index contributed by atoms with van der Waals surface area (Å²) in [6.45, 7) is 6.38. The highest BCUT2D eigenvalue weighted by Crippen LogP contribution is 2.22. The second kappa shape index (κ2) is 9.96. The van der Waals surface area contributed by atoms with Crippen LogP contribution in [0.2, 0.25) is 0 Å². The van der Waals surface area contributed by atoms with E-state index in [9.17, 15) is 17.6 Å². The van der Waals surface area contributed by atoms with Gasteiger partial charge in [0.15, 0.2) is 0 Å². The van der Waals surface area contributed by atoms with Crippen molar-refractivity contribution in [2.75, 3.05) is 0 Å². The fraction of sp³-hybridized carbons (Fsp3) is 0.240. The van der Waals surface area contributed by atoms with E-state index in [2.05, 4.69) is 0 Å². The van der Waals surface area contributed by atoms with Crippen LogP contribution in [-0.4, -0.2) is 25.3 Å². The van der Waals surface area contributed by atoms with E-state index in [1.54, 1.807) is 29.2 Å². The number of hydrogen-bond acceptors (Lipinski definition) is 4. The zero-order chi connectivity index (χ0) is 23.3. The first kappa shape index (κ1) is 23.5. The van der Waals surface area contributed by atoms with Crippen molar-refractivity contribution >= 4 is 16.0 Å². The number of halogens is 1. The molecule has 0 saturated heterocycles. The molecule has 0 N–H and O–H groups in total. The monoisotopic (exact) mass is 455 g/mol. The van der Waals surface area contributed by atoms with E-state index < -0.39 is 15.9 Å². The summed E-state index contributed by atoms with van der Waals surface area (Å²) in [5.41, 5.74) is 2.56. The van der Waals surface area contributed by atoms with Gasteiger partial charge in [0.2, 0.25) is 0 Å². The molecule has 1 atom stereocenters. The highest BCUT2D eigenvalue weighted by atomic mass is 32.2. The normalized spacial score (nSPS) is 12.2. The molecule has 3 aromatic rings. The summed E-state index contributed by atoms with van der Waals surface area (Å²) in [6, 6.07) is 18.5. The van der Waals surface area contributed by atoms with Crippen LogP contribution in [0.15, 0.2) is 77.7 Å². The highest BCUT2D eigenvalue weighted by molar-refractivity contribution is 7.87. The average molecular weight is 456 g/mol. The molecule has 0 heterocycles. The zero-order valence-electron chi connectivity index (χ0n) is 18.3. The molecule has 5 nitrogen and oxygen atoms in total. The lowest BCUT2D eigenvalue weighted by atomic mass is 10.1. The van der Waals surface area contributed by atoms with Gasteiger partial charge in [0.1, 0.15) is 16.5 Å². The summed E-state index contributed by atoms with van der Waals surface area (Å²) in [4.78, 5) is 14.8. The van der Waals surface area contributed by atoms with Gasteiger partial charge in [-0.15, -0.1) is 0 Å². The Morgan fingerprint density at radius 1 is 0.969 bits per heavy atom. The maximum atomic E-state index is 13.1. The third-order valence-electron chi connectivity index (χ3n) is 5.27. The summed E-state index contributed by atoms with van der Waals surface area (Å²) >= 11 is 0. The van der Waals surface area contributed by atoms with E-state index in [-0.39, 0.29) is 22.6 Å². The molecule has 0 bridgehead atoms.